The Morgan fingerprint density at radius 3 is 2.79 bits per heavy atom. The molecule has 19 heavy (non-hydrogen) atoms. The summed E-state index contributed by atoms with van der Waals surface area (Å²) < 4.78 is 5.70. The topological polar surface area (TPSA) is 41.5 Å². The van der Waals surface area contributed by atoms with E-state index in [1.807, 2.05) is 19.1 Å². The van der Waals surface area contributed by atoms with E-state index in [-0.39, 0.29) is 0 Å². The highest BCUT2D eigenvalue weighted by atomic mass is 16.5. The van der Waals surface area contributed by atoms with Gasteiger partial charge in [-0.1, -0.05) is 25.0 Å². The number of aliphatic hydroxyl groups is 1. The molecule has 1 saturated carbocycles. The maximum Gasteiger partial charge on any atom is 0.122 e. The molecular weight excluding hydrogens is 238 g/mol. The molecule has 0 aromatic heterocycles. The van der Waals surface area contributed by atoms with E-state index in [1.54, 1.807) is 0 Å². The fraction of sp³-hybridized carbons (Fsp3) is 0.625. The third-order valence-corrected chi connectivity index (χ3v) is 3.98. The highest BCUT2D eigenvalue weighted by molar-refractivity contribution is 5.38. The molecule has 2 N–H and O–H groups in total. The van der Waals surface area contributed by atoms with Gasteiger partial charge >= 0.3 is 0 Å². The number of ether oxygens (including phenoxy) is 1. The highest BCUT2D eigenvalue weighted by Crippen LogP contribution is 2.21. The van der Waals surface area contributed by atoms with Crippen LogP contribution < -0.4 is 10.1 Å². The summed E-state index contributed by atoms with van der Waals surface area (Å²) in [6.45, 7) is 5.09. The second kappa shape index (κ2) is 6.92. The fourth-order valence-electron chi connectivity index (χ4n) is 2.56. The summed E-state index contributed by atoms with van der Waals surface area (Å²) >= 11 is 0. The van der Waals surface area contributed by atoms with Crippen LogP contribution >= 0.6 is 0 Å². The van der Waals surface area contributed by atoms with E-state index in [1.165, 1.54) is 31.2 Å². The molecule has 0 bridgehead atoms. The Balaban J connectivity index is 1.73. The molecule has 1 unspecified atom stereocenters. The van der Waals surface area contributed by atoms with Crippen molar-refractivity contribution >= 4 is 0 Å². The van der Waals surface area contributed by atoms with Gasteiger partial charge in [-0.25, -0.2) is 0 Å². The first-order valence-corrected chi connectivity index (χ1v) is 7.27. The van der Waals surface area contributed by atoms with Gasteiger partial charge in [-0.15, -0.1) is 0 Å². The van der Waals surface area contributed by atoms with Gasteiger partial charge in [0, 0.05) is 12.6 Å². The molecule has 3 nitrogen and oxygen atoms in total. The molecule has 0 amide bonds. The van der Waals surface area contributed by atoms with Crippen LogP contribution in [0, 0.1) is 13.8 Å². The Morgan fingerprint density at radius 2 is 2.05 bits per heavy atom. The number of rotatable bonds is 6. The molecule has 106 valence electrons. The minimum absolute atomic E-state index is 0.351. The molecule has 1 aliphatic carbocycles. The van der Waals surface area contributed by atoms with Crippen LogP contribution in [0.4, 0.5) is 0 Å². The molecule has 0 spiro atoms. The van der Waals surface area contributed by atoms with Crippen molar-refractivity contribution in [3.05, 3.63) is 29.3 Å². The van der Waals surface area contributed by atoms with Gasteiger partial charge in [-0.2, -0.15) is 0 Å². The van der Waals surface area contributed by atoms with Crippen molar-refractivity contribution in [2.24, 2.45) is 0 Å². The third-order valence-electron chi connectivity index (χ3n) is 3.98. The zero-order valence-corrected chi connectivity index (χ0v) is 12.0. The lowest BCUT2D eigenvalue weighted by molar-refractivity contribution is 0.103. The van der Waals surface area contributed by atoms with Crippen molar-refractivity contribution in [1.29, 1.82) is 0 Å². The third kappa shape index (κ3) is 4.22. The Morgan fingerprint density at radius 1 is 1.32 bits per heavy atom. The average molecular weight is 263 g/mol. The number of nitrogens with one attached hydrogen (secondary N) is 1. The van der Waals surface area contributed by atoms with Gasteiger partial charge in [-0.3, -0.25) is 0 Å². The Labute approximate surface area is 116 Å². The smallest absolute Gasteiger partial charge is 0.122 e. The Hall–Kier alpha value is -1.06. The van der Waals surface area contributed by atoms with Crippen LogP contribution in [0.2, 0.25) is 0 Å². The largest absolute Gasteiger partial charge is 0.491 e. The van der Waals surface area contributed by atoms with Crippen LogP contribution in [0.3, 0.4) is 0 Å². The van der Waals surface area contributed by atoms with Crippen LogP contribution in [0.1, 0.15) is 36.8 Å². The van der Waals surface area contributed by atoms with Crippen molar-refractivity contribution in [2.75, 3.05) is 13.2 Å². The quantitative estimate of drug-likeness (QED) is 0.829. The Kier molecular flexibility index (Phi) is 5.23. The van der Waals surface area contributed by atoms with Gasteiger partial charge < -0.3 is 15.2 Å². The van der Waals surface area contributed by atoms with Gasteiger partial charge in [0.1, 0.15) is 18.5 Å². The first-order valence-electron chi connectivity index (χ1n) is 7.27. The van der Waals surface area contributed by atoms with E-state index in [0.717, 1.165) is 11.3 Å². The van der Waals surface area contributed by atoms with Crippen LogP contribution in [-0.2, 0) is 0 Å². The van der Waals surface area contributed by atoms with Gasteiger partial charge in [0.2, 0.25) is 0 Å². The van der Waals surface area contributed by atoms with E-state index >= 15 is 0 Å². The molecule has 1 aromatic rings. The van der Waals surface area contributed by atoms with Crippen LogP contribution in [0.15, 0.2) is 18.2 Å². The predicted octanol–water partition coefficient (Wildman–Crippen LogP) is 2.58. The van der Waals surface area contributed by atoms with Crippen molar-refractivity contribution in [3.63, 3.8) is 0 Å². The second-order valence-electron chi connectivity index (χ2n) is 5.55. The van der Waals surface area contributed by atoms with Gasteiger partial charge in [0.25, 0.3) is 0 Å². The normalized spacial score (nSPS) is 17.6. The molecule has 3 heteroatoms. The monoisotopic (exact) mass is 263 g/mol. The van der Waals surface area contributed by atoms with Crippen LogP contribution in [0.5, 0.6) is 5.75 Å². The summed E-state index contributed by atoms with van der Waals surface area (Å²) in [5.74, 6) is 0.875. The van der Waals surface area contributed by atoms with Gasteiger partial charge in [0.15, 0.2) is 0 Å². The summed E-state index contributed by atoms with van der Waals surface area (Å²) in [5.41, 5.74) is 2.37. The lowest BCUT2D eigenvalue weighted by Crippen LogP contribution is -2.36. The molecule has 1 aliphatic rings. The number of hydrogen-bond acceptors (Lipinski definition) is 3. The van der Waals surface area contributed by atoms with E-state index in [4.69, 9.17) is 4.74 Å². The predicted molar refractivity (Wildman–Crippen MR) is 77.7 cm³/mol. The zero-order valence-electron chi connectivity index (χ0n) is 12.0. The first-order chi connectivity index (χ1) is 9.16. The Bertz CT molecular complexity index is 400. The summed E-state index contributed by atoms with van der Waals surface area (Å²) in [4.78, 5) is 0. The molecule has 1 aromatic carbocycles. The van der Waals surface area contributed by atoms with E-state index in [0.29, 0.717) is 19.2 Å². The molecule has 1 fully saturated rings. The SMILES string of the molecule is Cc1cccc(OCC(O)CNC2CCCC2)c1C. The maximum absolute atomic E-state index is 9.94. The maximum atomic E-state index is 9.94. The van der Waals surface area contributed by atoms with Crippen molar-refractivity contribution < 1.29 is 9.84 Å². The van der Waals surface area contributed by atoms with Crippen LogP contribution in [-0.4, -0.2) is 30.4 Å². The summed E-state index contributed by atoms with van der Waals surface area (Å²) in [5, 5.41) is 13.4. The number of aliphatic hydroxyl groups excluding tert-OH is 1. The molecule has 1 atom stereocenters. The summed E-state index contributed by atoms with van der Waals surface area (Å²) in [7, 11) is 0. The zero-order chi connectivity index (χ0) is 13.7. The second-order valence-corrected chi connectivity index (χ2v) is 5.55. The molecular formula is C16H25NO2. The van der Waals surface area contributed by atoms with E-state index < -0.39 is 6.10 Å². The minimum atomic E-state index is -0.444. The van der Waals surface area contributed by atoms with Gasteiger partial charge in [0.05, 0.1) is 0 Å². The van der Waals surface area contributed by atoms with E-state index in [9.17, 15) is 5.11 Å². The van der Waals surface area contributed by atoms with Crippen molar-refractivity contribution in [1.82, 2.24) is 5.32 Å². The summed E-state index contributed by atoms with van der Waals surface area (Å²) in [6, 6.07) is 6.61. The van der Waals surface area contributed by atoms with Crippen LogP contribution in [0.25, 0.3) is 0 Å². The van der Waals surface area contributed by atoms with E-state index in [2.05, 4.69) is 18.3 Å². The fourth-order valence-corrected chi connectivity index (χ4v) is 2.56. The standard InChI is InChI=1S/C16H25NO2/c1-12-6-5-9-16(13(12)2)19-11-15(18)10-17-14-7-3-4-8-14/h5-6,9,14-15,17-18H,3-4,7-8,10-11H2,1-2H3. The molecule has 0 heterocycles. The molecule has 0 aliphatic heterocycles. The highest BCUT2D eigenvalue weighted by Gasteiger charge is 2.16. The lowest BCUT2D eigenvalue weighted by atomic mass is 10.1. The minimum Gasteiger partial charge on any atom is -0.491 e. The average Bonchev–Trinajstić information content (AvgIpc) is 2.91. The molecule has 0 saturated heterocycles. The van der Waals surface area contributed by atoms with Crippen molar-refractivity contribution in [2.45, 2.75) is 51.7 Å². The number of benzene rings is 1. The first kappa shape index (κ1) is 14.4. The molecule has 2 rings (SSSR count). The van der Waals surface area contributed by atoms with Gasteiger partial charge in [-0.05, 0) is 43.9 Å². The number of hydrogen-bond donors (Lipinski definition) is 2. The lowest BCUT2D eigenvalue weighted by Gasteiger charge is -2.17. The number of aryl methyl sites for hydroxylation is 1. The molecule has 0 radical (unpaired) electrons. The summed E-state index contributed by atoms with van der Waals surface area (Å²) in [6.07, 6.45) is 4.66. The van der Waals surface area contributed by atoms with Crippen molar-refractivity contribution in [3.8, 4) is 5.75 Å².